The zero-order valence-electron chi connectivity index (χ0n) is 14.9. The van der Waals surface area contributed by atoms with Crippen molar-refractivity contribution in [3.05, 3.63) is 52.9 Å². The molecular formula is C17H16N4O6S. The number of carbonyl (C=O) groups is 2. The zero-order chi connectivity index (χ0) is 20.9. The molecule has 0 bridgehead atoms. The van der Waals surface area contributed by atoms with Crippen molar-refractivity contribution < 1.29 is 22.6 Å². The van der Waals surface area contributed by atoms with Crippen LogP contribution in [-0.2, 0) is 19.7 Å². The monoisotopic (exact) mass is 404 g/mol. The van der Waals surface area contributed by atoms with E-state index in [2.05, 4.69) is 20.7 Å². The van der Waals surface area contributed by atoms with Gasteiger partial charge < -0.3 is 5.32 Å². The second kappa shape index (κ2) is 8.59. The number of amides is 1. The molecule has 0 fully saturated rings. The van der Waals surface area contributed by atoms with Crippen molar-refractivity contribution in [3.63, 3.8) is 0 Å². The van der Waals surface area contributed by atoms with Gasteiger partial charge in [0.2, 0.25) is 6.04 Å². The van der Waals surface area contributed by atoms with Gasteiger partial charge in [-0.2, -0.15) is 18.6 Å². The van der Waals surface area contributed by atoms with Gasteiger partial charge in [0.1, 0.15) is 11.4 Å². The van der Waals surface area contributed by atoms with Gasteiger partial charge in [-0.05, 0) is 48.9 Å². The lowest BCUT2D eigenvalue weighted by molar-refractivity contribution is -0.126. The van der Waals surface area contributed by atoms with Gasteiger partial charge in [0.15, 0.2) is 5.78 Å². The maximum Gasteiger partial charge on any atom is 0.294 e. The lowest BCUT2D eigenvalue weighted by Gasteiger charge is -2.11. The number of Topliss-reactive ketones (excluding diaryl/α,β-unsaturated/α-hetero) is 1. The van der Waals surface area contributed by atoms with Crippen LogP contribution in [0.25, 0.3) is 0 Å². The molecule has 0 saturated heterocycles. The molecule has 0 aliphatic heterocycles. The maximum absolute atomic E-state index is 12.4. The van der Waals surface area contributed by atoms with Crippen LogP contribution >= 0.6 is 0 Å². The Hall–Kier alpha value is -3.31. The number of nitrogens with zero attached hydrogens (tertiary/aromatic N) is 3. The molecule has 10 nitrogen and oxygen atoms in total. The van der Waals surface area contributed by atoms with E-state index in [4.69, 9.17) is 4.55 Å². The molecule has 2 aromatic rings. The summed E-state index contributed by atoms with van der Waals surface area (Å²) in [4.78, 5) is 34.6. The molecule has 0 saturated carbocycles. The van der Waals surface area contributed by atoms with Crippen LogP contribution in [0.15, 0.2) is 62.8 Å². The molecule has 11 heteroatoms. The SMILES string of the molecule is CC(=O)C(N=Nc1ccc(S(=O)(=O)O)cc1N=O)C(=O)Nc1ccccc1C. The summed E-state index contributed by atoms with van der Waals surface area (Å²) < 4.78 is 31.2. The van der Waals surface area contributed by atoms with Crippen LogP contribution in [0.4, 0.5) is 17.1 Å². The third-order valence-corrected chi connectivity index (χ3v) is 4.51. The summed E-state index contributed by atoms with van der Waals surface area (Å²) >= 11 is 0. The lowest BCUT2D eigenvalue weighted by Crippen LogP contribution is -2.32. The van der Waals surface area contributed by atoms with Crippen LogP contribution in [0.5, 0.6) is 0 Å². The summed E-state index contributed by atoms with van der Waals surface area (Å²) in [6.45, 7) is 2.93. The van der Waals surface area contributed by atoms with Crippen molar-refractivity contribution >= 4 is 38.9 Å². The minimum absolute atomic E-state index is 0.169. The summed E-state index contributed by atoms with van der Waals surface area (Å²) in [5, 5.41) is 12.6. The van der Waals surface area contributed by atoms with E-state index >= 15 is 0 Å². The Labute approximate surface area is 160 Å². The molecule has 2 rings (SSSR count). The second-order valence-corrected chi connectivity index (χ2v) is 7.17. The summed E-state index contributed by atoms with van der Waals surface area (Å²) in [6.07, 6.45) is 0. The van der Waals surface area contributed by atoms with E-state index < -0.39 is 38.4 Å². The summed E-state index contributed by atoms with van der Waals surface area (Å²) in [5.41, 5.74) is 0.683. The first-order valence-electron chi connectivity index (χ1n) is 7.86. The normalized spacial score (nSPS) is 12.5. The van der Waals surface area contributed by atoms with E-state index in [9.17, 15) is 22.9 Å². The van der Waals surface area contributed by atoms with Gasteiger partial charge in [-0.3, -0.25) is 14.1 Å². The van der Waals surface area contributed by atoms with Crippen molar-refractivity contribution in [2.24, 2.45) is 15.4 Å². The smallest absolute Gasteiger partial charge is 0.294 e. The molecule has 28 heavy (non-hydrogen) atoms. The van der Waals surface area contributed by atoms with Gasteiger partial charge in [-0.25, -0.2) is 0 Å². The lowest BCUT2D eigenvalue weighted by atomic mass is 10.1. The molecule has 0 aliphatic carbocycles. The quantitative estimate of drug-likeness (QED) is 0.312. The average Bonchev–Trinajstić information content (AvgIpc) is 2.62. The van der Waals surface area contributed by atoms with Crippen LogP contribution in [-0.4, -0.2) is 30.7 Å². The molecule has 2 N–H and O–H groups in total. The second-order valence-electron chi connectivity index (χ2n) is 5.75. The van der Waals surface area contributed by atoms with Crippen molar-refractivity contribution in [3.8, 4) is 0 Å². The van der Waals surface area contributed by atoms with Gasteiger partial charge in [0.05, 0.1) is 4.90 Å². The molecule has 1 atom stereocenters. The standard InChI is InChI=1S/C17H16N4O6S/c1-10-5-3-4-6-13(10)18-17(23)16(11(2)22)20-19-14-8-7-12(28(25,26)27)9-15(14)21-24/h3-9,16H,1-2H3,(H,18,23)(H,25,26,27). The Morgan fingerprint density at radius 1 is 1.11 bits per heavy atom. The number of nitrogens with one attached hydrogen (secondary N) is 1. The van der Waals surface area contributed by atoms with Crippen molar-refractivity contribution in [1.29, 1.82) is 0 Å². The number of hydrogen-bond acceptors (Lipinski definition) is 8. The minimum Gasteiger partial charge on any atom is -0.324 e. The number of carbonyl (C=O) groups excluding carboxylic acids is 2. The van der Waals surface area contributed by atoms with Crippen molar-refractivity contribution in [2.45, 2.75) is 24.8 Å². The number of azo groups is 1. The highest BCUT2D eigenvalue weighted by Crippen LogP contribution is 2.31. The third-order valence-electron chi connectivity index (χ3n) is 3.66. The van der Waals surface area contributed by atoms with Crippen LogP contribution < -0.4 is 5.32 Å². The number of nitroso groups, excluding NO2 is 1. The maximum atomic E-state index is 12.4. The topological polar surface area (TPSA) is 155 Å². The molecule has 0 spiro atoms. The highest BCUT2D eigenvalue weighted by atomic mass is 32.2. The Kier molecular flexibility index (Phi) is 6.44. The van der Waals surface area contributed by atoms with Crippen LogP contribution in [0, 0.1) is 11.8 Å². The highest BCUT2D eigenvalue weighted by molar-refractivity contribution is 7.85. The Morgan fingerprint density at radius 3 is 2.36 bits per heavy atom. The number of aryl methyl sites for hydroxylation is 1. The Morgan fingerprint density at radius 2 is 1.79 bits per heavy atom. The predicted octanol–water partition coefficient (Wildman–Crippen LogP) is 3.32. The van der Waals surface area contributed by atoms with E-state index in [1.54, 1.807) is 31.2 Å². The van der Waals surface area contributed by atoms with Gasteiger partial charge in [-0.1, -0.05) is 18.2 Å². The fraction of sp³-hybridized carbons (Fsp3) is 0.176. The first kappa shape index (κ1) is 21.0. The number of ketones is 1. The molecule has 0 aromatic heterocycles. The molecule has 146 valence electrons. The third kappa shape index (κ3) is 5.11. The molecule has 0 radical (unpaired) electrons. The Balaban J connectivity index is 2.30. The van der Waals surface area contributed by atoms with Gasteiger partial charge in [-0.15, -0.1) is 4.91 Å². The minimum atomic E-state index is -4.54. The highest BCUT2D eigenvalue weighted by Gasteiger charge is 2.24. The average molecular weight is 404 g/mol. The zero-order valence-corrected chi connectivity index (χ0v) is 15.7. The number of anilines is 1. The van der Waals surface area contributed by atoms with E-state index in [-0.39, 0.29) is 5.69 Å². The fourth-order valence-electron chi connectivity index (χ4n) is 2.17. The summed E-state index contributed by atoms with van der Waals surface area (Å²) in [6, 6.07) is 8.30. The summed E-state index contributed by atoms with van der Waals surface area (Å²) in [7, 11) is -4.54. The number of hydrogen-bond donors (Lipinski definition) is 2. The molecular weight excluding hydrogens is 388 g/mol. The van der Waals surface area contributed by atoms with E-state index in [1.807, 2.05) is 0 Å². The predicted molar refractivity (Wildman–Crippen MR) is 101 cm³/mol. The van der Waals surface area contributed by atoms with Gasteiger partial charge in [0.25, 0.3) is 16.0 Å². The van der Waals surface area contributed by atoms with Crippen LogP contribution in [0.2, 0.25) is 0 Å². The van der Waals surface area contributed by atoms with E-state index in [1.165, 1.54) is 0 Å². The first-order chi connectivity index (χ1) is 13.1. The van der Waals surface area contributed by atoms with Crippen molar-refractivity contribution in [1.82, 2.24) is 0 Å². The number of para-hydroxylation sites is 1. The van der Waals surface area contributed by atoms with Crippen LogP contribution in [0.3, 0.4) is 0 Å². The molecule has 1 amide bonds. The fourth-order valence-corrected chi connectivity index (χ4v) is 2.67. The first-order valence-corrected chi connectivity index (χ1v) is 9.30. The van der Waals surface area contributed by atoms with Gasteiger partial charge >= 0.3 is 0 Å². The number of benzene rings is 2. The Bertz CT molecular complexity index is 1070. The molecule has 1 unspecified atom stereocenters. The number of rotatable bonds is 7. The molecule has 0 aliphatic rings. The molecule has 2 aromatic carbocycles. The van der Waals surface area contributed by atoms with E-state index in [0.29, 0.717) is 5.69 Å². The molecule has 0 heterocycles. The van der Waals surface area contributed by atoms with Gasteiger partial charge in [0, 0.05) is 5.69 Å². The van der Waals surface area contributed by atoms with Crippen molar-refractivity contribution in [2.75, 3.05) is 5.32 Å². The van der Waals surface area contributed by atoms with E-state index in [0.717, 1.165) is 30.7 Å². The largest absolute Gasteiger partial charge is 0.324 e. The van der Waals surface area contributed by atoms with Crippen LogP contribution in [0.1, 0.15) is 12.5 Å². The summed E-state index contributed by atoms with van der Waals surface area (Å²) in [5.74, 6) is -1.31.